The van der Waals surface area contributed by atoms with Crippen molar-refractivity contribution >= 4 is 11.9 Å². The Balaban J connectivity index is 4.02. The van der Waals surface area contributed by atoms with Gasteiger partial charge in [0, 0.05) is 0 Å². The van der Waals surface area contributed by atoms with Crippen LogP contribution in [0.15, 0.2) is 0 Å². The van der Waals surface area contributed by atoms with Crippen LogP contribution in [0, 0.1) is 5.92 Å². The number of hydrogen-bond donors (Lipinski definition) is 3. The second-order valence-electron chi connectivity index (χ2n) is 2.65. The van der Waals surface area contributed by atoms with Crippen molar-refractivity contribution in [1.82, 2.24) is 5.32 Å². The summed E-state index contributed by atoms with van der Waals surface area (Å²) < 4.78 is 0. The van der Waals surface area contributed by atoms with Crippen LogP contribution in [0.5, 0.6) is 0 Å². The number of carboxylic acids is 2. The zero-order valence-electron chi connectivity index (χ0n) is 7.07. The van der Waals surface area contributed by atoms with Crippen molar-refractivity contribution in [2.45, 2.75) is 19.4 Å². The summed E-state index contributed by atoms with van der Waals surface area (Å²) in [6, 6.07) is -0.781. The third-order valence-electron chi connectivity index (χ3n) is 1.66. The number of carbonyl (C=O) groups is 2. The molecule has 70 valence electrons. The topological polar surface area (TPSA) is 86.6 Å². The zero-order valence-corrected chi connectivity index (χ0v) is 7.07. The summed E-state index contributed by atoms with van der Waals surface area (Å²) in [5.74, 6) is -2.64. The van der Waals surface area contributed by atoms with E-state index in [1.807, 2.05) is 0 Å². The van der Waals surface area contributed by atoms with E-state index in [2.05, 4.69) is 5.32 Å². The Bertz CT molecular complexity index is 180. The summed E-state index contributed by atoms with van der Waals surface area (Å²) in [5, 5.41) is 19.6. The number of rotatable bonds is 5. The maximum absolute atomic E-state index is 10.4. The van der Waals surface area contributed by atoms with E-state index in [1.165, 1.54) is 14.0 Å². The molecule has 0 aromatic carbocycles. The van der Waals surface area contributed by atoms with Crippen LogP contribution in [0.25, 0.3) is 0 Å². The highest BCUT2D eigenvalue weighted by atomic mass is 16.4. The molecule has 0 aromatic rings. The van der Waals surface area contributed by atoms with Gasteiger partial charge in [-0.05, 0) is 13.5 Å². The van der Waals surface area contributed by atoms with Gasteiger partial charge in [0.25, 0.3) is 0 Å². The molecule has 0 heterocycles. The molecular weight excluding hydrogens is 162 g/mol. The van der Waals surface area contributed by atoms with Gasteiger partial charge in [0.15, 0.2) is 0 Å². The molecule has 0 saturated carbocycles. The molecule has 0 radical (unpaired) electrons. The fourth-order valence-corrected chi connectivity index (χ4v) is 0.797. The molecule has 12 heavy (non-hydrogen) atoms. The van der Waals surface area contributed by atoms with Gasteiger partial charge in [-0.25, -0.2) is 0 Å². The molecule has 0 amide bonds. The molecule has 0 aromatic heterocycles. The first-order valence-corrected chi connectivity index (χ1v) is 3.62. The van der Waals surface area contributed by atoms with E-state index in [-0.39, 0.29) is 6.42 Å². The van der Waals surface area contributed by atoms with E-state index in [0.717, 1.165) is 0 Å². The Morgan fingerprint density at radius 2 is 1.83 bits per heavy atom. The zero-order chi connectivity index (χ0) is 9.72. The number of carboxylic acid groups (broad SMARTS) is 2. The molecule has 0 saturated heterocycles. The minimum atomic E-state index is -1.02. The first kappa shape index (κ1) is 10.9. The molecule has 0 aliphatic rings. The number of likely N-dealkylation sites (N-methyl/N-ethyl adjacent to an activating group) is 1. The van der Waals surface area contributed by atoms with E-state index in [1.54, 1.807) is 0 Å². The van der Waals surface area contributed by atoms with Crippen molar-refractivity contribution in [2.24, 2.45) is 5.92 Å². The number of aliphatic carboxylic acids is 2. The van der Waals surface area contributed by atoms with Gasteiger partial charge in [-0.15, -0.1) is 0 Å². The summed E-state index contributed by atoms with van der Waals surface area (Å²) >= 11 is 0. The van der Waals surface area contributed by atoms with Crippen molar-refractivity contribution in [3.63, 3.8) is 0 Å². The summed E-state index contributed by atoms with van der Waals surface area (Å²) in [7, 11) is 1.49. The molecule has 0 aliphatic carbocycles. The van der Waals surface area contributed by atoms with Crippen molar-refractivity contribution in [3.05, 3.63) is 0 Å². The second-order valence-corrected chi connectivity index (χ2v) is 2.65. The van der Waals surface area contributed by atoms with E-state index in [9.17, 15) is 9.59 Å². The van der Waals surface area contributed by atoms with Gasteiger partial charge < -0.3 is 15.5 Å². The van der Waals surface area contributed by atoms with Gasteiger partial charge in [0.1, 0.15) is 6.04 Å². The molecule has 5 heteroatoms. The second kappa shape index (κ2) is 4.71. The Labute approximate surface area is 70.4 Å². The predicted octanol–water partition coefficient (Wildman–Crippen LogP) is -0.230. The molecule has 0 fully saturated rings. The lowest BCUT2D eigenvalue weighted by atomic mass is 10.0. The predicted molar refractivity (Wildman–Crippen MR) is 41.9 cm³/mol. The Morgan fingerprint density at radius 1 is 1.33 bits per heavy atom. The molecule has 0 aliphatic heterocycles. The number of nitrogens with one attached hydrogen (secondary N) is 1. The summed E-state index contributed by atoms with van der Waals surface area (Å²) in [6.45, 7) is 1.48. The Morgan fingerprint density at radius 3 is 2.08 bits per heavy atom. The van der Waals surface area contributed by atoms with Crippen LogP contribution in [0.2, 0.25) is 0 Å². The maximum Gasteiger partial charge on any atom is 0.320 e. The largest absolute Gasteiger partial charge is 0.481 e. The smallest absolute Gasteiger partial charge is 0.320 e. The van der Waals surface area contributed by atoms with Gasteiger partial charge >= 0.3 is 11.9 Å². The average Bonchev–Trinajstić information content (AvgIpc) is 1.98. The third-order valence-corrected chi connectivity index (χ3v) is 1.66. The minimum Gasteiger partial charge on any atom is -0.481 e. The molecule has 3 N–H and O–H groups in total. The van der Waals surface area contributed by atoms with E-state index in [0.29, 0.717) is 0 Å². The van der Waals surface area contributed by atoms with E-state index >= 15 is 0 Å². The van der Waals surface area contributed by atoms with Crippen LogP contribution in [-0.4, -0.2) is 35.2 Å². The van der Waals surface area contributed by atoms with Crippen molar-refractivity contribution < 1.29 is 19.8 Å². The highest BCUT2D eigenvalue weighted by molar-refractivity contribution is 5.75. The van der Waals surface area contributed by atoms with Crippen LogP contribution in [0.1, 0.15) is 13.3 Å². The maximum atomic E-state index is 10.4. The molecule has 0 bridgehead atoms. The fraction of sp³-hybridized carbons (Fsp3) is 0.714. The minimum absolute atomic E-state index is 0.0984. The lowest BCUT2D eigenvalue weighted by Gasteiger charge is -2.13. The first-order chi connectivity index (χ1) is 5.49. The summed E-state index contributed by atoms with van der Waals surface area (Å²) in [4.78, 5) is 20.8. The van der Waals surface area contributed by atoms with Crippen LogP contribution in [0.4, 0.5) is 0 Å². The fourth-order valence-electron chi connectivity index (χ4n) is 0.797. The quantitative estimate of drug-likeness (QED) is 0.537. The van der Waals surface area contributed by atoms with E-state index < -0.39 is 23.9 Å². The standard InChI is InChI=1S/C7H13NO4/c1-4(6(9)10)3-5(8-2)7(11)12/h4-5,8H,3H2,1-2H3,(H,9,10)(H,11,12). The third kappa shape index (κ3) is 3.34. The lowest BCUT2D eigenvalue weighted by molar-refractivity contribution is -0.143. The van der Waals surface area contributed by atoms with Crippen molar-refractivity contribution in [3.8, 4) is 0 Å². The molecule has 0 spiro atoms. The van der Waals surface area contributed by atoms with Gasteiger partial charge in [0.2, 0.25) is 0 Å². The molecular formula is C7H13NO4. The average molecular weight is 175 g/mol. The summed E-state index contributed by atoms with van der Waals surface area (Å²) in [6.07, 6.45) is 0.0984. The number of hydrogen-bond acceptors (Lipinski definition) is 3. The van der Waals surface area contributed by atoms with Gasteiger partial charge in [0.05, 0.1) is 5.92 Å². The molecule has 2 unspecified atom stereocenters. The SMILES string of the molecule is CNC(CC(C)C(=O)O)C(=O)O. The van der Waals surface area contributed by atoms with Crippen molar-refractivity contribution in [2.75, 3.05) is 7.05 Å². The normalized spacial score (nSPS) is 15.2. The van der Waals surface area contributed by atoms with Crippen LogP contribution < -0.4 is 5.32 Å². The highest BCUT2D eigenvalue weighted by Gasteiger charge is 2.21. The highest BCUT2D eigenvalue weighted by Crippen LogP contribution is 2.05. The first-order valence-electron chi connectivity index (χ1n) is 3.62. The molecule has 2 atom stereocenters. The van der Waals surface area contributed by atoms with Crippen LogP contribution in [-0.2, 0) is 9.59 Å². The van der Waals surface area contributed by atoms with Crippen LogP contribution >= 0.6 is 0 Å². The summed E-state index contributed by atoms with van der Waals surface area (Å²) in [5.41, 5.74) is 0. The Kier molecular flexibility index (Phi) is 4.28. The monoisotopic (exact) mass is 175 g/mol. The molecule has 5 nitrogen and oxygen atoms in total. The van der Waals surface area contributed by atoms with Gasteiger partial charge in [-0.2, -0.15) is 0 Å². The lowest BCUT2D eigenvalue weighted by Crippen LogP contribution is -2.36. The van der Waals surface area contributed by atoms with Crippen molar-refractivity contribution in [1.29, 1.82) is 0 Å². The van der Waals surface area contributed by atoms with Gasteiger partial charge in [-0.3, -0.25) is 9.59 Å². The van der Waals surface area contributed by atoms with E-state index in [4.69, 9.17) is 10.2 Å². The van der Waals surface area contributed by atoms with Crippen LogP contribution in [0.3, 0.4) is 0 Å². The van der Waals surface area contributed by atoms with Gasteiger partial charge in [-0.1, -0.05) is 6.92 Å². The Hall–Kier alpha value is -1.10. The molecule has 0 rings (SSSR count).